The van der Waals surface area contributed by atoms with Gasteiger partial charge in [-0.15, -0.1) is 11.3 Å². The highest BCUT2D eigenvalue weighted by molar-refractivity contribution is 7.18. The molecule has 0 saturated carbocycles. The maximum Gasteiger partial charge on any atom is 0.263 e. The molecule has 4 rings (SSSR count). The van der Waals surface area contributed by atoms with Gasteiger partial charge in [0.1, 0.15) is 17.2 Å². The molecular weight excluding hydrogens is 408 g/mol. The molecule has 0 aliphatic heterocycles. The SMILES string of the molecule is Cc1cccc(C)c1NC(=O)Cn1c(CN(C)C)nc2sc3c(c2c1=O)CCC(C)C3. The predicted molar refractivity (Wildman–Crippen MR) is 127 cm³/mol. The Kier molecular flexibility index (Phi) is 5.99. The van der Waals surface area contributed by atoms with E-state index in [2.05, 4.69) is 12.2 Å². The monoisotopic (exact) mass is 438 g/mol. The lowest BCUT2D eigenvalue weighted by molar-refractivity contribution is -0.116. The molecule has 2 aromatic heterocycles. The number of hydrogen-bond acceptors (Lipinski definition) is 5. The zero-order valence-corrected chi connectivity index (χ0v) is 19.7. The third-order valence-electron chi connectivity index (χ3n) is 6.00. The molecule has 1 aliphatic carbocycles. The summed E-state index contributed by atoms with van der Waals surface area (Å²) < 4.78 is 1.57. The quantitative estimate of drug-likeness (QED) is 0.656. The van der Waals surface area contributed by atoms with E-state index in [0.29, 0.717) is 23.7 Å². The Bertz CT molecular complexity index is 1190. The van der Waals surface area contributed by atoms with Crippen LogP contribution in [0.4, 0.5) is 5.69 Å². The maximum absolute atomic E-state index is 13.6. The Morgan fingerprint density at radius 1 is 1.29 bits per heavy atom. The normalized spacial score (nSPS) is 16.0. The van der Waals surface area contributed by atoms with E-state index in [1.165, 1.54) is 4.88 Å². The van der Waals surface area contributed by atoms with E-state index in [1.807, 2.05) is 51.0 Å². The van der Waals surface area contributed by atoms with Crippen molar-refractivity contribution < 1.29 is 4.79 Å². The number of rotatable bonds is 5. The molecule has 31 heavy (non-hydrogen) atoms. The molecule has 2 heterocycles. The standard InChI is InChI=1S/C24H30N4O2S/c1-14-9-10-17-18(11-14)31-23-21(17)24(30)28(19(25-23)12-27(4)5)13-20(29)26-22-15(2)7-6-8-16(22)3/h6-8,14H,9-13H2,1-5H3,(H,26,29). The van der Waals surface area contributed by atoms with Crippen LogP contribution in [0.15, 0.2) is 23.0 Å². The Balaban J connectivity index is 1.75. The van der Waals surface area contributed by atoms with Crippen molar-refractivity contribution in [2.24, 2.45) is 5.92 Å². The Hall–Kier alpha value is -2.51. The number of benzene rings is 1. The van der Waals surface area contributed by atoms with Gasteiger partial charge >= 0.3 is 0 Å². The lowest BCUT2D eigenvalue weighted by Crippen LogP contribution is -2.33. The number of carbonyl (C=O) groups excluding carboxylic acids is 1. The van der Waals surface area contributed by atoms with Gasteiger partial charge in [-0.25, -0.2) is 4.98 Å². The van der Waals surface area contributed by atoms with Crippen LogP contribution in [0, 0.1) is 19.8 Å². The summed E-state index contributed by atoms with van der Waals surface area (Å²) in [6, 6.07) is 5.91. The first-order valence-electron chi connectivity index (χ1n) is 10.8. The first kappa shape index (κ1) is 21.7. The van der Waals surface area contributed by atoms with Crippen molar-refractivity contribution in [2.45, 2.75) is 53.1 Å². The summed E-state index contributed by atoms with van der Waals surface area (Å²) in [5.74, 6) is 1.05. The number of nitrogens with zero attached hydrogens (tertiary/aromatic N) is 3. The van der Waals surface area contributed by atoms with Crippen LogP contribution < -0.4 is 10.9 Å². The second kappa shape index (κ2) is 8.55. The van der Waals surface area contributed by atoms with Crippen molar-refractivity contribution in [1.29, 1.82) is 0 Å². The Labute approximate surface area is 186 Å². The molecule has 0 saturated heterocycles. The van der Waals surface area contributed by atoms with Gasteiger partial charge in [0.05, 0.1) is 11.9 Å². The van der Waals surface area contributed by atoms with Crippen LogP contribution in [-0.2, 0) is 30.7 Å². The molecular formula is C24H30N4O2S. The summed E-state index contributed by atoms with van der Waals surface area (Å²) in [6.45, 7) is 6.66. The van der Waals surface area contributed by atoms with Crippen molar-refractivity contribution >= 4 is 33.1 Å². The number of carbonyl (C=O) groups is 1. The first-order valence-corrected chi connectivity index (χ1v) is 11.6. The third kappa shape index (κ3) is 4.29. The summed E-state index contributed by atoms with van der Waals surface area (Å²) in [7, 11) is 3.89. The van der Waals surface area contributed by atoms with Gasteiger partial charge < -0.3 is 10.2 Å². The second-order valence-corrected chi connectivity index (χ2v) is 10.1. The molecule has 1 unspecified atom stereocenters. The number of amides is 1. The van der Waals surface area contributed by atoms with Crippen LogP contribution in [0.2, 0.25) is 0 Å². The third-order valence-corrected chi connectivity index (χ3v) is 7.15. The Morgan fingerprint density at radius 2 is 2.00 bits per heavy atom. The predicted octanol–water partition coefficient (Wildman–Crippen LogP) is 3.90. The zero-order chi connectivity index (χ0) is 22.3. The van der Waals surface area contributed by atoms with Crippen LogP contribution in [0.3, 0.4) is 0 Å². The van der Waals surface area contributed by atoms with Gasteiger partial charge in [0.25, 0.3) is 5.56 Å². The van der Waals surface area contributed by atoms with Crippen molar-refractivity contribution in [1.82, 2.24) is 14.5 Å². The lowest BCUT2D eigenvalue weighted by atomic mass is 9.89. The molecule has 1 atom stereocenters. The number of nitrogens with one attached hydrogen (secondary N) is 1. The van der Waals surface area contributed by atoms with E-state index in [-0.39, 0.29) is 18.0 Å². The average Bonchev–Trinajstić information content (AvgIpc) is 3.04. The highest BCUT2D eigenvalue weighted by Gasteiger charge is 2.25. The molecule has 6 nitrogen and oxygen atoms in total. The second-order valence-electron chi connectivity index (χ2n) is 9.00. The highest BCUT2D eigenvalue weighted by Crippen LogP contribution is 2.35. The van der Waals surface area contributed by atoms with Gasteiger partial charge in [-0.2, -0.15) is 0 Å². The minimum atomic E-state index is -0.210. The summed E-state index contributed by atoms with van der Waals surface area (Å²) in [5, 5.41) is 3.72. The fourth-order valence-electron chi connectivity index (χ4n) is 4.37. The molecule has 0 fully saturated rings. The Morgan fingerprint density at radius 3 is 2.68 bits per heavy atom. The van der Waals surface area contributed by atoms with Gasteiger partial charge in [-0.3, -0.25) is 14.2 Å². The maximum atomic E-state index is 13.6. The molecule has 1 aromatic carbocycles. The largest absolute Gasteiger partial charge is 0.324 e. The summed E-state index contributed by atoms with van der Waals surface area (Å²) in [4.78, 5) is 35.5. The molecule has 3 aromatic rings. The molecule has 7 heteroatoms. The van der Waals surface area contributed by atoms with E-state index in [4.69, 9.17) is 4.98 Å². The topological polar surface area (TPSA) is 67.2 Å². The van der Waals surface area contributed by atoms with Crippen LogP contribution in [0.25, 0.3) is 10.2 Å². The van der Waals surface area contributed by atoms with Gasteiger partial charge in [0, 0.05) is 10.6 Å². The van der Waals surface area contributed by atoms with Crippen molar-refractivity contribution in [3.63, 3.8) is 0 Å². The summed E-state index contributed by atoms with van der Waals surface area (Å²) >= 11 is 1.65. The van der Waals surface area contributed by atoms with Crippen molar-refractivity contribution in [3.8, 4) is 0 Å². The van der Waals surface area contributed by atoms with Crippen LogP contribution in [0.1, 0.15) is 40.7 Å². The number of hydrogen-bond donors (Lipinski definition) is 1. The smallest absolute Gasteiger partial charge is 0.263 e. The lowest BCUT2D eigenvalue weighted by Gasteiger charge is -2.18. The van der Waals surface area contributed by atoms with E-state index in [9.17, 15) is 9.59 Å². The summed E-state index contributed by atoms with van der Waals surface area (Å²) in [6.07, 6.45) is 3.01. The molecule has 0 bridgehead atoms. The van der Waals surface area contributed by atoms with Gasteiger partial charge in [-0.1, -0.05) is 25.1 Å². The molecule has 164 valence electrons. The number of fused-ring (bicyclic) bond motifs is 3. The summed E-state index contributed by atoms with van der Waals surface area (Å²) in [5.41, 5.74) is 3.87. The number of aromatic nitrogens is 2. The number of aryl methyl sites for hydroxylation is 3. The fourth-order valence-corrected chi connectivity index (χ4v) is 5.76. The van der Waals surface area contributed by atoms with Gasteiger partial charge in [0.2, 0.25) is 5.91 Å². The van der Waals surface area contributed by atoms with Gasteiger partial charge in [-0.05, 0) is 69.8 Å². The molecule has 0 spiro atoms. The molecule has 1 amide bonds. The van der Waals surface area contributed by atoms with Crippen molar-refractivity contribution in [3.05, 3.63) is 55.9 Å². The number of anilines is 1. The molecule has 1 aliphatic rings. The number of thiophene rings is 1. The molecule has 0 radical (unpaired) electrons. The van der Waals surface area contributed by atoms with Gasteiger partial charge in [0.15, 0.2) is 0 Å². The molecule has 1 N–H and O–H groups in total. The van der Waals surface area contributed by atoms with E-state index in [1.54, 1.807) is 15.9 Å². The van der Waals surface area contributed by atoms with Crippen LogP contribution in [0.5, 0.6) is 0 Å². The zero-order valence-electron chi connectivity index (χ0n) is 18.9. The fraction of sp³-hybridized carbons (Fsp3) is 0.458. The highest BCUT2D eigenvalue weighted by atomic mass is 32.1. The minimum absolute atomic E-state index is 0.0419. The van der Waals surface area contributed by atoms with E-state index in [0.717, 1.165) is 46.5 Å². The van der Waals surface area contributed by atoms with E-state index >= 15 is 0 Å². The van der Waals surface area contributed by atoms with Crippen LogP contribution in [-0.4, -0.2) is 34.5 Å². The van der Waals surface area contributed by atoms with Crippen molar-refractivity contribution in [2.75, 3.05) is 19.4 Å². The minimum Gasteiger partial charge on any atom is -0.324 e. The van der Waals surface area contributed by atoms with Crippen LogP contribution >= 0.6 is 11.3 Å². The van der Waals surface area contributed by atoms with E-state index < -0.39 is 0 Å². The first-order chi connectivity index (χ1) is 14.7. The number of para-hydroxylation sites is 1. The average molecular weight is 439 g/mol.